The highest BCUT2D eigenvalue weighted by Gasteiger charge is 2.48. The lowest BCUT2D eigenvalue weighted by molar-refractivity contribution is -0.150. The summed E-state index contributed by atoms with van der Waals surface area (Å²) in [5.41, 5.74) is 2.21. The first-order valence-electron chi connectivity index (χ1n) is 16.8. The van der Waals surface area contributed by atoms with E-state index in [9.17, 15) is 33.1 Å². The maximum Gasteiger partial charge on any atom is 0.363 e. The molecule has 11 nitrogen and oxygen atoms in total. The van der Waals surface area contributed by atoms with Gasteiger partial charge in [-0.15, -0.1) is 11.3 Å². The average molecular weight is 698 g/mol. The highest BCUT2D eigenvalue weighted by Crippen LogP contribution is 2.53. The molecular formula is C34H41FN5O6PS. The van der Waals surface area contributed by atoms with Crippen molar-refractivity contribution >= 4 is 52.4 Å². The number of nitrogens with zero attached hydrogens (tertiary/aromatic N) is 4. The highest BCUT2D eigenvalue weighted by atomic mass is 32.1. The van der Waals surface area contributed by atoms with Gasteiger partial charge in [0, 0.05) is 66.5 Å². The summed E-state index contributed by atoms with van der Waals surface area (Å²) in [7, 11) is -4.98. The molecule has 4 fully saturated rings. The van der Waals surface area contributed by atoms with Crippen molar-refractivity contribution in [3.63, 3.8) is 0 Å². The number of rotatable bonds is 8. The van der Waals surface area contributed by atoms with Gasteiger partial charge in [0.15, 0.2) is 0 Å². The van der Waals surface area contributed by atoms with E-state index in [2.05, 4.69) is 28.2 Å². The number of nitrogens with one attached hydrogen (secondary N) is 1. The van der Waals surface area contributed by atoms with E-state index in [0.717, 1.165) is 50.1 Å². The van der Waals surface area contributed by atoms with E-state index in [1.54, 1.807) is 11.0 Å². The number of benzene rings is 1. The SMILES string of the molecule is CC[C@@H]1CC[C@H](NC(=O)c2cc3cc([C@H](F)P(=O)(O)O)ccc3s2)C(=O)N2[C@H](CC[C@H]2C(=O)N2CC(c3cnccc3N3CCC3)C2)C1. The number of anilines is 1. The fraction of sp³-hybridized carbons (Fsp3) is 0.529. The van der Waals surface area contributed by atoms with Gasteiger partial charge in [-0.05, 0) is 79.7 Å². The predicted molar refractivity (Wildman–Crippen MR) is 181 cm³/mol. The molecule has 256 valence electrons. The Hall–Kier alpha value is -3.38. The molecule has 5 atom stereocenters. The number of hydrogen-bond acceptors (Lipinski definition) is 7. The summed E-state index contributed by atoms with van der Waals surface area (Å²) < 4.78 is 26.4. The molecule has 48 heavy (non-hydrogen) atoms. The standard InChI is InChI=1S/C34H41FN5O6PS/c1-2-20-4-7-26(37-32(41)30-16-22-15-21(5-9-29(22)48-30)31(35)47(44,45)46)33(42)40-24(14-20)6-8-28(40)34(43)39-18-23(19-39)25-17-36-11-10-27(25)38-12-3-13-38/h5,9-11,15-17,20,23-24,26,28,31H,2-4,6-8,12-14,18-19H2,1H3,(H,37,41)(H2,44,45,46)/t20-,24-,26+,28+,31-/m1/s1. The third-order valence-electron chi connectivity index (χ3n) is 10.7. The minimum atomic E-state index is -4.98. The smallest absolute Gasteiger partial charge is 0.363 e. The van der Waals surface area contributed by atoms with E-state index in [4.69, 9.17) is 0 Å². The number of hydrogen-bond donors (Lipinski definition) is 3. The topological polar surface area (TPSA) is 143 Å². The number of aromatic nitrogens is 1. The van der Waals surface area contributed by atoms with Crippen molar-refractivity contribution in [2.45, 2.75) is 81.8 Å². The molecule has 0 saturated carbocycles. The molecule has 0 spiro atoms. The Kier molecular flexibility index (Phi) is 9.08. The minimum Gasteiger partial charge on any atom is -0.371 e. The third kappa shape index (κ3) is 6.26. The summed E-state index contributed by atoms with van der Waals surface area (Å²) in [6.07, 6.45) is 9.29. The van der Waals surface area contributed by atoms with Crippen LogP contribution in [0.5, 0.6) is 0 Å². The third-order valence-corrected chi connectivity index (χ3v) is 12.7. The molecule has 3 amide bonds. The van der Waals surface area contributed by atoms with Crippen LogP contribution in [-0.4, -0.2) is 86.6 Å². The Labute approximate surface area is 282 Å². The molecule has 14 heteroatoms. The molecule has 4 saturated heterocycles. The summed E-state index contributed by atoms with van der Waals surface area (Å²) in [4.78, 5) is 70.9. The largest absolute Gasteiger partial charge is 0.371 e. The molecule has 6 heterocycles. The Morgan fingerprint density at radius 2 is 1.92 bits per heavy atom. The monoisotopic (exact) mass is 697 g/mol. The van der Waals surface area contributed by atoms with Crippen LogP contribution in [0.3, 0.4) is 0 Å². The lowest BCUT2D eigenvalue weighted by Crippen LogP contribution is -2.60. The molecular weight excluding hydrogens is 656 g/mol. The molecule has 4 aliphatic rings. The van der Waals surface area contributed by atoms with Crippen LogP contribution in [0.4, 0.5) is 10.1 Å². The Bertz CT molecular complexity index is 1770. The molecule has 0 radical (unpaired) electrons. The number of likely N-dealkylation sites (tertiary alicyclic amines) is 1. The maximum absolute atomic E-state index is 14.3. The number of halogens is 1. The Morgan fingerprint density at radius 1 is 1.12 bits per heavy atom. The van der Waals surface area contributed by atoms with Crippen LogP contribution in [0.25, 0.3) is 10.1 Å². The fourth-order valence-corrected chi connectivity index (χ4v) is 9.27. The molecule has 0 unspecified atom stereocenters. The summed E-state index contributed by atoms with van der Waals surface area (Å²) >= 11 is 1.16. The first-order chi connectivity index (χ1) is 23.0. The molecule has 3 aromatic rings. The van der Waals surface area contributed by atoms with Gasteiger partial charge in [0.2, 0.25) is 17.7 Å². The molecule has 0 aliphatic carbocycles. The molecule has 3 N–H and O–H groups in total. The van der Waals surface area contributed by atoms with Crippen LogP contribution in [0.15, 0.2) is 42.7 Å². The predicted octanol–water partition coefficient (Wildman–Crippen LogP) is 4.95. The minimum absolute atomic E-state index is 0.0306. The van der Waals surface area contributed by atoms with Gasteiger partial charge in [0.05, 0.1) is 4.88 Å². The van der Waals surface area contributed by atoms with Gasteiger partial charge in [-0.3, -0.25) is 23.9 Å². The van der Waals surface area contributed by atoms with Gasteiger partial charge in [-0.2, -0.15) is 0 Å². The number of fused-ring (bicyclic) bond motifs is 2. The van der Waals surface area contributed by atoms with E-state index >= 15 is 0 Å². The second kappa shape index (κ2) is 13.2. The van der Waals surface area contributed by atoms with Crippen LogP contribution in [0.2, 0.25) is 0 Å². The van der Waals surface area contributed by atoms with Crippen LogP contribution >= 0.6 is 18.9 Å². The van der Waals surface area contributed by atoms with Crippen LogP contribution in [0, 0.1) is 5.92 Å². The zero-order valence-corrected chi connectivity index (χ0v) is 28.5. The lowest BCUT2D eigenvalue weighted by Gasteiger charge is -2.45. The quantitative estimate of drug-likeness (QED) is 0.281. The van der Waals surface area contributed by atoms with Gasteiger partial charge in [-0.1, -0.05) is 19.4 Å². The molecule has 1 aromatic carbocycles. The zero-order valence-electron chi connectivity index (χ0n) is 26.8. The van der Waals surface area contributed by atoms with Crippen molar-refractivity contribution in [3.05, 3.63) is 58.7 Å². The second-order valence-electron chi connectivity index (χ2n) is 13.7. The summed E-state index contributed by atoms with van der Waals surface area (Å²) in [6, 6.07) is 6.36. The van der Waals surface area contributed by atoms with Crippen LogP contribution in [-0.2, 0) is 14.2 Å². The van der Waals surface area contributed by atoms with Crippen LogP contribution < -0.4 is 10.2 Å². The summed E-state index contributed by atoms with van der Waals surface area (Å²) in [5, 5.41) is 3.43. The van der Waals surface area contributed by atoms with Crippen molar-refractivity contribution in [1.82, 2.24) is 20.1 Å². The van der Waals surface area contributed by atoms with E-state index in [1.165, 1.54) is 35.9 Å². The second-order valence-corrected chi connectivity index (χ2v) is 16.4. The highest BCUT2D eigenvalue weighted by molar-refractivity contribution is 7.51. The first kappa shape index (κ1) is 33.1. The molecule has 0 bridgehead atoms. The normalized spacial score (nSPS) is 25.6. The molecule has 2 aromatic heterocycles. The van der Waals surface area contributed by atoms with Gasteiger partial charge >= 0.3 is 7.60 Å². The number of carbonyl (C=O) groups excluding carboxylic acids is 3. The van der Waals surface area contributed by atoms with E-state index < -0.39 is 31.5 Å². The Morgan fingerprint density at radius 3 is 2.62 bits per heavy atom. The molecule has 4 aliphatic heterocycles. The van der Waals surface area contributed by atoms with E-state index in [1.807, 2.05) is 17.3 Å². The van der Waals surface area contributed by atoms with Crippen molar-refractivity contribution < 1.29 is 33.1 Å². The van der Waals surface area contributed by atoms with Gasteiger partial charge in [0.25, 0.3) is 5.91 Å². The number of thiophene rings is 1. The molecule has 7 rings (SSSR count). The van der Waals surface area contributed by atoms with Gasteiger partial charge in [0.1, 0.15) is 12.1 Å². The number of pyridine rings is 1. The summed E-state index contributed by atoms with van der Waals surface area (Å²) in [5.74, 6) is -2.59. The van der Waals surface area contributed by atoms with Crippen molar-refractivity contribution in [2.75, 3.05) is 31.1 Å². The fourth-order valence-electron chi connectivity index (χ4n) is 7.77. The van der Waals surface area contributed by atoms with Crippen molar-refractivity contribution in [3.8, 4) is 0 Å². The van der Waals surface area contributed by atoms with Crippen molar-refractivity contribution in [1.29, 1.82) is 0 Å². The number of alkyl halides is 1. The maximum atomic E-state index is 14.3. The number of carbonyl (C=O) groups is 3. The van der Waals surface area contributed by atoms with E-state index in [-0.39, 0.29) is 29.3 Å². The zero-order chi connectivity index (χ0) is 33.7. The van der Waals surface area contributed by atoms with Gasteiger partial charge < -0.3 is 29.8 Å². The Balaban J connectivity index is 1.06. The average Bonchev–Trinajstić information content (AvgIpc) is 3.63. The van der Waals surface area contributed by atoms with E-state index in [0.29, 0.717) is 46.8 Å². The van der Waals surface area contributed by atoms with Gasteiger partial charge in [-0.25, -0.2) is 4.39 Å². The van der Waals surface area contributed by atoms with Crippen molar-refractivity contribution in [2.24, 2.45) is 5.92 Å². The first-order valence-corrected chi connectivity index (χ1v) is 19.3. The van der Waals surface area contributed by atoms with Crippen LogP contribution in [0.1, 0.15) is 84.5 Å². The summed E-state index contributed by atoms with van der Waals surface area (Å²) in [6.45, 7) is 5.39. The lowest BCUT2D eigenvalue weighted by atomic mass is 9.87. The number of amides is 3.